The van der Waals surface area contributed by atoms with Crippen molar-refractivity contribution in [3.63, 3.8) is 0 Å². The maximum atomic E-state index is 11.9. The van der Waals surface area contributed by atoms with Gasteiger partial charge < -0.3 is 4.90 Å². The van der Waals surface area contributed by atoms with E-state index < -0.39 is 4.92 Å². The minimum atomic E-state index is -0.460. The molecule has 1 aromatic carbocycles. The number of rotatable bonds is 4. The van der Waals surface area contributed by atoms with Crippen LogP contribution in [0.1, 0.15) is 25.3 Å². The van der Waals surface area contributed by atoms with E-state index in [-0.39, 0.29) is 30.3 Å². The third kappa shape index (κ3) is 2.62. The van der Waals surface area contributed by atoms with E-state index in [9.17, 15) is 19.7 Å². The Labute approximate surface area is 110 Å². The fraction of sp³-hybridized carbons (Fsp3) is 0.385. The summed E-state index contributed by atoms with van der Waals surface area (Å²) in [4.78, 5) is 35.1. The van der Waals surface area contributed by atoms with Gasteiger partial charge in [-0.25, -0.2) is 0 Å². The number of anilines is 1. The maximum Gasteiger partial charge on any atom is 0.269 e. The SMILES string of the molecule is CCC(=O)CN1C(=O)CCc2cc([N+](=O)[O-])ccc21. The lowest BCUT2D eigenvalue weighted by atomic mass is 10.00. The number of hydrogen-bond acceptors (Lipinski definition) is 4. The predicted octanol–water partition coefficient (Wildman–Crippen LogP) is 1.85. The van der Waals surface area contributed by atoms with E-state index in [0.29, 0.717) is 18.5 Å². The summed E-state index contributed by atoms with van der Waals surface area (Å²) in [6.45, 7) is 1.79. The van der Waals surface area contributed by atoms with Gasteiger partial charge in [0.25, 0.3) is 5.69 Å². The molecule has 0 aliphatic carbocycles. The Bertz CT molecular complexity index is 554. The number of carbonyl (C=O) groups is 2. The van der Waals surface area contributed by atoms with E-state index in [2.05, 4.69) is 0 Å². The van der Waals surface area contributed by atoms with Crippen LogP contribution in [0.4, 0.5) is 11.4 Å². The molecule has 0 atom stereocenters. The quantitative estimate of drug-likeness (QED) is 0.612. The van der Waals surface area contributed by atoms with Gasteiger partial charge in [0.1, 0.15) is 0 Å². The molecular weight excluding hydrogens is 248 g/mol. The van der Waals surface area contributed by atoms with Crippen molar-refractivity contribution in [1.82, 2.24) is 0 Å². The molecule has 0 aromatic heterocycles. The van der Waals surface area contributed by atoms with Gasteiger partial charge in [-0.15, -0.1) is 0 Å². The number of aryl methyl sites for hydroxylation is 1. The number of benzene rings is 1. The zero-order valence-corrected chi connectivity index (χ0v) is 10.6. The Morgan fingerprint density at radius 3 is 2.79 bits per heavy atom. The van der Waals surface area contributed by atoms with Crippen molar-refractivity contribution in [2.45, 2.75) is 26.2 Å². The van der Waals surface area contributed by atoms with Gasteiger partial charge in [-0.3, -0.25) is 19.7 Å². The number of nitro groups is 1. The minimum absolute atomic E-state index is 0.00914. The van der Waals surface area contributed by atoms with Crippen LogP contribution in [0.2, 0.25) is 0 Å². The van der Waals surface area contributed by atoms with Gasteiger partial charge in [-0.1, -0.05) is 6.92 Å². The molecule has 1 aliphatic rings. The second-order valence-corrected chi connectivity index (χ2v) is 4.44. The van der Waals surface area contributed by atoms with E-state index in [1.807, 2.05) is 0 Å². The van der Waals surface area contributed by atoms with Gasteiger partial charge in [0.2, 0.25) is 5.91 Å². The molecule has 0 N–H and O–H groups in total. The second-order valence-electron chi connectivity index (χ2n) is 4.44. The van der Waals surface area contributed by atoms with Crippen molar-refractivity contribution in [1.29, 1.82) is 0 Å². The number of ketones is 1. The highest BCUT2D eigenvalue weighted by Crippen LogP contribution is 2.30. The van der Waals surface area contributed by atoms with Crippen LogP contribution in [0.3, 0.4) is 0 Å². The first-order valence-corrected chi connectivity index (χ1v) is 6.12. The lowest BCUT2D eigenvalue weighted by Gasteiger charge is -2.28. The first kappa shape index (κ1) is 13.2. The van der Waals surface area contributed by atoms with E-state index in [1.165, 1.54) is 17.0 Å². The zero-order valence-electron chi connectivity index (χ0n) is 10.6. The number of fused-ring (bicyclic) bond motifs is 1. The molecule has 0 saturated carbocycles. The van der Waals surface area contributed by atoms with Crippen LogP contribution in [0.15, 0.2) is 18.2 Å². The molecule has 1 aromatic rings. The summed E-state index contributed by atoms with van der Waals surface area (Å²) < 4.78 is 0. The molecule has 0 saturated heterocycles. The summed E-state index contributed by atoms with van der Waals surface area (Å²) in [5, 5.41) is 10.7. The normalized spacial score (nSPS) is 14.2. The second kappa shape index (κ2) is 5.17. The fourth-order valence-corrected chi connectivity index (χ4v) is 2.12. The number of Topliss-reactive ketones (excluding diaryl/α,β-unsaturated/α-hetero) is 1. The average molecular weight is 262 g/mol. The van der Waals surface area contributed by atoms with Crippen molar-refractivity contribution >= 4 is 23.1 Å². The van der Waals surface area contributed by atoms with Crippen molar-refractivity contribution in [3.05, 3.63) is 33.9 Å². The Morgan fingerprint density at radius 1 is 1.42 bits per heavy atom. The smallest absolute Gasteiger partial charge is 0.269 e. The van der Waals surface area contributed by atoms with Crippen LogP contribution < -0.4 is 4.90 Å². The molecule has 6 heteroatoms. The van der Waals surface area contributed by atoms with Crippen molar-refractivity contribution in [2.75, 3.05) is 11.4 Å². The molecule has 100 valence electrons. The minimum Gasteiger partial charge on any atom is -0.305 e. The highest BCUT2D eigenvalue weighted by molar-refractivity contribution is 6.01. The Hall–Kier alpha value is -2.24. The average Bonchev–Trinajstić information content (AvgIpc) is 2.41. The monoisotopic (exact) mass is 262 g/mol. The molecule has 0 spiro atoms. The van der Waals surface area contributed by atoms with Crippen LogP contribution in [0.25, 0.3) is 0 Å². The molecule has 2 rings (SSSR count). The molecule has 1 heterocycles. The number of amides is 1. The third-order valence-corrected chi connectivity index (χ3v) is 3.20. The highest BCUT2D eigenvalue weighted by atomic mass is 16.6. The van der Waals surface area contributed by atoms with Gasteiger partial charge in [0.15, 0.2) is 5.78 Å². The van der Waals surface area contributed by atoms with Gasteiger partial charge in [0.05, 0.1) is 11.5 Å². The number of non-ortho nitro benzene ring substituents is 1. The summed E-state index contributed by atoms with van der Waals surface area (Å²) >= 11 is 0. The lowest BCUT2D eigenvalue weighted by Crippen LogP contribution is -2.38. The van der Waals surface area contributed by atoms with Gasteiger partial charge in [-0.2, -0.15) is 0 Å². The highest BCUT2D eigenvalue weighted by Gasteiger charge is 2.26. The Balaban J connectivity index is 2.36. The van der Waals surface area contributed by atoms with Gasteiger partial charge >= 0.3 is 0 Å². The molecule has 19 heavy (non-hydrogen) atoms. The molecule has 0 fully saturated rings. The van der Waals surface area contributed by atoms with Crippen LogP contribution in [0.5, 0.6) is 0 Å². The van der Waals surface area contributed by atoms with Gasteiger partial charge in [-0.05, 0) is 18.1 Å². The van der Waals surface area contributed by atoms with Crippen LogP contribution in [-0.2, 0) is 16.0 Å². The third-order valence-electron chi connectivity index (χ3n) is 3.20. The first-order valence-electron chi connectivity index (χ1n) is 6.12. The topological polar surface area (TPSA) is 80.5 Å². The van der Waals surface area contributed by atoms with Crippen molar-refractivity contribution in [3.8, 4) is 0 Å². The van der Waals surface area contributed by atoms with Crippen LogP contribution >= 0.6 is 0 Å². The summed E-state index contributed by atoms with van der Waals surface area (Å²) in [5.41, 5.74) is 1.37. The molecular formula is C13H14N2O4. The maximum absolute atomic E-state index is 11.9. The van der Waals surface area contributed by atoms with E-state index in [1.54, 1.807) is 13.0 Å². The van der Waals surface area contributed by atoms with Crippen LogP contribution in [0, 0.1) is 10.1 Å². The Morgan fingerprint density at radius 2 is 2.16 bits per heavy atom. The molecule has 0 unspecified atom stereocenters. The molecule has 1 amide bonds. The lowest BCUT2D eigenvalue weighted by molar-refractivity contribution is -0.384. The largest absolute Gasteiger partial charge is 0.305 e. The van der Waals surface area contributed by atoms with Crippen LogP contribution in [-0.4, -0.2) is 23.2 Å². The van der Waals surface area contributed by atoms with Gasteiger partial charge in [0, 0.05) is 30.7 Å². The first-order chi connectivity index (χ1) is 9.02. The molecule has 0 radical (unpaired) electrons. The molecule has 6 nitrogen and oxygen atoms in total. The Kier molecular flexibility index (Phi) is 3.59. The number of carbonyl (C=O) groups excluding carboxylic acids is 2. The number of nitrogens with zero attached hydrogens (tertiary/aromatic N) is 2. The van der Waals surface area contributed by atoms with E-state index in [4.69, 9.17) is 0 Å². The molecule has 1 aliphatic heterocycles. The number of hydrogen-bond donors (Lipinski definition) is 0. The van der Waals surface area contributed by atoms with Crippen molar-refractivity contribution in [2.24, 2.45) is 0 Å². The predicted molar refractivity (Wildman–Crippen MR) is 69.1 cm³/mol. The molecule has 0 bridgehead atoms. The number of nitro benzene ring substituents is 1. The van der Waals surface area contributed by atoms with E-state index >= 15 is 0 Å². The standard InChI is InChI=1S/C13H14N2O4/c1-2-11(16)8-14-12-5-4-10(15(18)19)7-9(12)3-6-13(14)17/h4-5,7H,2-3,6,8H2,1H3. The summed E-state index contributed by atoms with van der Waals surface area (Å²) in [5.74, 6) is -0.136. The van der Waals surface area contributed by atoms with E-state index in [0.717, 1.165) is 5.56 Å². The van der Waals surface area contributed by atoms with Crippen molar-refractivity contribution < 1.29 is 14.5 Å². The summed E-state index contributed by atoms with van der Waals surface area (Å²) in [6.07, 6.45) is 1.13. The summed E-state index contributed by atoms with van der Waals surface area (Å²) in [7, 11) is 0. The zero-order chi connectivity index (χ0) is 14.0. The fourth-order valence-electron chi connectivity index (χ4n) is 2.12. The summed E-state index contributed by atoms with van der Waals surface area (Å²) in [6, 6.07) is 4.39.